The molecular weight excluding hydrogens is 330 g/mol. The number of nitrogens with one attached hydrogen (secondary N) is 1. The van der Waals surface area contributed by atoms with E-state index in [1.807, 2.05) is 54.4 Å². The van der Waals surface area contributed by atoms with Crippen LogP contribution in [0.4, 0.5) is 5.95 Å². The Labute approximate surface area is 130 Å². The van der Waals surface area contributed by atoms with Crippen molar-refractivity contribution in [2.24, 2.45) is 0 Å². The normalized spacial score (nSPS) is 10.8. The van der Waals surface area contributed by atoms with Gasteiger partial charge in [-0.3, -0.25) is 9.78 Å². The number of H-pyrrole nitrogens is 1. The number of hydrogen-bond donors (Lipinski definition) is 1. The highest BCUT2D eigenvalue weighted by Crippen LogP contribution is 2.17. The molecule has 1 N–H and O–H groups in total. The van der Waals surface area contributed by atoms with Crippen LogP contribution in [-0.4, -0.2) is 17.0 Å². The van der Waals surface area contributed by atoms with Gasteiger partial charge in [0.05, 0.1) is 10.9 Å². The zero-order valence-electron chi connectivity index (χ0n) is 11.5. The van der Waals surface area contributed by atoms with Gasteiger partial charge in [-0.15, -0.1) is 0 Å². The molecule has 3 rings (SSSR count). The molecule has 0 bridgehead atoms. The number of fused-ring (bicyclic) bond motifs is 1. The van der Waals surface area contributed by atoms with Crippen molar-refractivity contribution in [2.75, 3.05) is 11.9 Å². The molecule has 0 aliphatic heterocycles. The first-order valence-corrected chi connectivity index (χ1v) is 7.37. The van der Waals surface area contributed by atoms with Crippen molar-refractivity contribution in [1.29, 1.82) is 0 Å². The molecule has 2 aromatic carbocycles. The van der Waals surface area contributed by atoms with Crippen molar-refractivity contribution in [2.45, 2.75) is 6.54 Å². The van der Waals surface area contributed by atoms with Crippen LogP contribution in [-0.2, 0) is 6.54 Å². The van der Waals surface area contributed by atoms with E-state index < -0.39 is 0 Å². The van der Waals surface area contributed by atoms with Gasteiger partial charge < -0.3 is 4.90 Å². The van der Waals surface area contributed by atoms with Gasteiger partial charge in [0.1, 0.15) is 0 Å². The highest BCUT2D eigenvalue weighted by atomic mass is 79.9. The SMILES string of the molecule is CN(Cc1ccccc1)c1nc2cc(Br)ccc2c(=O)[nH]1. The molecule has 3 aromatic rings. The number of aromatic amines is 1. The van der Waals surface area contributed by atoms with E-state index >= 15 is 0 Å². The highest BCUT2D eigenvalue weighted by Gasteiger charge is 2.08. The maximum atomic E-state index is 12.1. The van der Waals surface area contributed by atoms with Gasteiger partial charge in [0, 0.05) is 18.1 Å². The number of anilines is 1. The zero-order chi connectivity index (χ0) is 14.8. The zero-order valence-corrected chi connectivity index (χ0v) is 13.1. The summed E-state index contributed by atoms with van der Waals surface area (Å²) in [6.45, 7) is 0.684. The topological polar surface area (TPSA) is 49.0 Å². The van der Waals surface area contributed by atoms with Crippen molar-refractivity contribution in [1.82, 2.24) is 9.97 Å². The van der Waals surface area contributed by atoms with Gasteiger partial charge in [-0.2, -0.15) is 0 Å². The second kappa shape index (κ2) is 5.69. The fourth-order valence-corrected chi connectivity index (χ4v) is 2.56. The monoisotopic (exact) mass is 343 g/mol. The standard InChI is InChI=1S/C16H14BrN3O/c1-20(10-11-5-3-2-4-6-11)16-18-14-9-12(17)7-8-13(14)15(21)19-16/h2-9H,10H2,1H3,(H,18,19,21). The minimum Gasteiger partial charge on any atom is -0.341 e. The molecule has 106 valence electrons. The fraction of sp³-hybridized carbons (Fsp3) is 0.125. The second-order valence-corrected chi connectivity index (χ2v) is 5.81. The molecule has 0 saturated carbocycles. The predicted octanol–water partition coefficient (Wildman–Crippen LogP) is 3.32. The van der Waals surface area contributed by atoms with Crippen LogP contribution < -0.4 is 10.5 Å². The van der Waals surface area contributed by atoms with Gasteiger partial charge in [0.25, 0.3) is 5.56 Å². The summed E-state index contributed by atoms with van der Waals surface area (Å²) >= 11 is 3.41. The largest absolute Gasteiger partial charge is 0.341 e. The first-order chi connectivity index (χ1) is 10.1. The van der Waals surface area contributed by atoms with E-state index in [-0.39, 0.29) is 5.56 Å². The molecule has 0 aliphatic carbocycles. The van der Waals surface area contributed by atoms with Crippen LogP contribution in [0, 0.1) is 0 Å². The van der Waals surface area contributed by atoms with Crippen molar-refractivity contribution in [3.63, 3.8) is 0 Å². The molecule has 4 nitrogen and oxygen atoms in total. The first-order valence-electron chi connectivity index (χ1n) is 6.58. The van der Waals surface area contributed by atoms with Crippen LogP contribution in [0.2, 0.25) is 0 Å². The van der Waals surface area contributed by atoms with E-state index in [0.717, 1.165) is 10.0 Å². The number of hydrogen-bond acceptors (Lipinski definition) is 3. The van der Waals surface area contributed by atoms with E-state index in [0.29, 0.717) is 23.4 Å². The Morgan fingerprint density at radius 2 is 1.95 bits per heavy atom. The van der Waals surface area contributed by atoms with Crippen LogP contribution in [0.3, 0.4) is 0 Å². The minimum absolute atomic E-state index is 0.123. The summed E-state index contributed by atoms with van der Waals surface area (Å²) in [5, 5.41) is 0.593. The van der Waals surface area contributed by atoms with Gasteiger partial charge in [-0.05, 0) is 23.8 Å². The number of benzene rings is 2. The number of aromatic nitrogens is 2. The molecule has 0 radical (unpaired) electrons. The van der Waals surface area contributed by atoms with Gasteiger partial charge in [-0.25, -0.2) is 4.98 Å². The molecule has 0 spiro atoms. The molecule has 0 atom stereocenters. The Kier molecular flexibility index (Phi) is 3.75. The molecular formula is C16H14BrN3O. The van der Waals surface area contributed by atoms with E-state index in [9.17, 15) is 4.79 Å². The molecule has 1 aromatic heterocycles. The Bertz CT molecular complexity index is 830. The highest BCUT2D eigenvalue weighted by molar-refractivity contribution is 9.10. The summed E-state index contributed by atoms with van der Waals surface area (Å²) in [6.07, 6.45) is 0. The van der Waals surface area contributed by atoms with Gasteiger partial charge in [-0.1, -0.05) is 46.3 Å². The van der Waals surface area contributed by atoms with Crippen LogP contribution in [0.5, 0.6) is 0 Å². The average Bonchev–Trinajstić information content (AvgIpc) is 2.47. The third-order valence-electron chi connectivity index (χ3n) is 3.28. The Hall–Kier alpha value is -2.14. The lowest BCUT2D eigenvalue weighted by molar-refractivity contribution is 0.868. The van der Waals surface area contributed by atoms with Crippen LogP contribution >= 0.6 is 15.9 Å². The van der Waals surface area contributed by atoms with Gasteiger partial charge in [0.15, 0.2) is 0 Å². The quantitative estimate of drug-likeness (QED) is 0.793. The van der Waals surface area contributed by atoms with E-state index in [1.54, 1.807) is 6.07 Å². The van der Waals surface area contributed by atoms with E-state index in [2.05, 4.69) is 25.9 Å². The fourth-order valence-electron chi connectivity index (χ4n) is 2.21. The Balaban J connectivity index is 1.98. The van der Waals surface area contributed by atoms with Crippen molar-refractivity contribution in [3.8, 4) is 0 Å². The molecule has 5 heteroatoms. The predicted molar refractivity (Wildman–Crippen MR) is 88.6 cm³/mol. The Morgan fingerprint density at radius 3 is 2.71 bits per heavy atom. The minimum atomic E-state index is -0.123. The van der Waals surface area contributed by atoms with Crippen molar-refractivity contribution >= 4 is 32.8 Å². The smallest absolute Gasteiger partial charge is 0.260 e. The molecule has 0 amide bonds. The average molecular weight is 344 g/mol. The lowest BCUT2D eigenvalue weighted by Gasteiger charge is -2.18. The van der Waals surface area contributed by atoms with Crippen LogP contribution in [0.15, 0.2) is 57.8 Å². The molecule has 1 heterocycles. The maximum Gasteiger partial charge on any atom is 0.260 e. The summed E-state index contributed by atoms with van der Waals surface area (Å²) in [5.41, 5.74) is 1.72. The van der Waals surface area contributed by atoms with Crippen LogP contribution in [0.1, 0.15) is 5.56 Å². The second-order valence-electron chi connectivity index (χ2n) is 4.89. The van der Waals surface area contributed by atoms with E-state index in [1.165, 1.54) is 0 Å². The number of rotatable bonds is 3. The number of halogens is 1. The maximum absolute atomic E-state index is 12.1. The summed E-state index contributed by atoms with van der Waals surface area (Å²) in [5.74, 6) is 0.564. The van der Waals surface area contributed by atoms with Gasteiger partial charge in [0.2, 0.25) is 5.95 Å². The van der Waals surface area contributed by atoms with Crippen molar-refractivity contribution in [3.05, 3.63) is 68.9 Å². The Morgan fingerprint density at radius 1 is 1.19 bits per heavy atom. The summed E-state index contributed by atoms with van der Waals surface area (Å²) in [4.78, 5) is 21.4. The molecule has 21 heavy (non-hydrogen) atoms. The summed E-state index contributed by atoms with van der Waals surface area (Å²) in [7, 11) is 1.91. The molecule has 0 aliphatic rings. The third-order valence-corrected chi connectivity index (χ3v) is 3.77. The summed E-state index contributed by atoms with van der Waals surface area (Å²) < 4.78 is 0.907. The summed E-state index contributed by atoms with van der Waals surface area (Å²) in [6, 6.07) is 15.5. The number of nitrogens with zero attached hydrogens (tertiary/aromatic N) is 2. The van der Waals surface area contributed by atoms with E-state index in [4.69, 9.17) is 0 Å². The van der Waals surface area contributed by atoms with Crippen molar-refractivity contribution < 1.29 is 0 Å². The molecule has 0 fully saturated rings. The van der Waals surface area contributed by atoms with Crippen LogP contribution in [0.25, 0.3) is 10.9 Å². The van der Waals surface area contributed by atoms with Gasteiger partial charge >= 0.3 is 0 Å². The molecule has 0 unspecified atom stereocenters. The lowest BCUT2D eigenvalue weighted by atomic mass is 10.2. The third kappa shape index (κ3) is 2.97. The molecule has 0 saturated heterocycles. The first kappa shape index (κ1) is 13.8. The lowest BCUT2D eigenvalue weighted by Crippen LogP contribution is -2.22.